The van der Waals surface area contributed by atoms with Crippen LogP contribution in [-0.4, -0.2) is 58.7 Å². The molecule has 1 aromatic rings. The number of likely N-dealkylation sites (tertiary alicyclic amines) is 1. The van der Waals surface area contributed by atoms with E-state index in [1.807, 2.05) is 39.1 Å². The van der Waals surface area contributed by atoms with Gasteiger partial charge in [-0.15, -0.1) is 11.3 Å². The Kier molecular flexibility index (Phi) is 6.21. The minimum absolute atomic E-state index is 0.0180. The van der Waals surface area contributed by atoms with E-state index in [2.05, 4.69) is 5.32 Å². The van der Waals surface area contributed by atoms with Crippen LogP contribution < -0.4 is 5.32 Å². The fourth-order valence-electron chi connectivity index (χ4n) is 3.00. The molecule has 0 spiro atoms. The van der Waals surface area contributed by atoms with Gasteiger partial charge < -0.3 is 15.1 Å². The second kappa shape index (κ2) is 7.99. The molecule has 0 aromatic carbocycles. The van der Waals surface area contributed by atoms with Crippen LogP contribution in [0.3, 0.4) is 0 Å². The van der Waals surface area contributed by atoms with Crippen LogP contribution in [0, 0.1) is 0 Å². The van der Waals surface area contributed by atoms with Crippen LogP contribution in [0.2, 0.25) is 0 Å². The SMILES string of the molecule is CCN(CC(=O)NC(C)(C)C)C(=O)[C@H]1CCCN1C(=O)c1cccs1. The summed E-state index contributed by atoms with van der Waals surface area (Å²) in [5.74, 6) is -0.424. The summed E-state index contributed by atoms with van der Waals surface area (Å²) in [6.07, 6.45) is 1.45. The fourth-order valence-corrected chi connectivity index (χ4v) is 3.67. The average Bonchev–Trinajstić information content (AvgIpc) is 3.20. The van der Waals surface area contributed by atoms with E-state index in [9.17, 15) is 14.4 Å². The van der Waals surface area contributed by atoms with E-state index < -0.39 is 6.04 Å². The lowest BCUT2D eigenvalue weighted by Crippen LogP contribution is -2.52. The maximum atomic E-state index is 12.9. The first-order valence-corrected chi connectivity index (χ1v) is 9.55. The van der Waals surface area contributed by atoms with Crippen molar-refractivity contribution in [1.29, 1.82) is 0 Å². The number of rotatable bonds is 5. The summed E-state index contributed by atoms with van der Waals surface area (Å²) in [6.45, 7) is 8.60. The molecule has 2 rings (SSSR count). The highest BCUT2D eigenvalue weighted by Gasteiger charge is 2.37. The molecule has 0 radical (unpaired) electrons. The Morgan fingerprint density at radius 1 is 1.36 bits per heavy atom. The van der Waals surface area contributed by atoms with E-state index in [-0.39, 0.29) is 29.8 Å². The second-order valence-corrected chi connectivity index (χ2v) is 8.23. The molecule has 138 valence electrons. The van der Waals surface area contributed by atoms with Crippen molar-refractivity contribution in [2.45, 2.75) is 52.1 Å². The van der Waals surface area contributed by atoms with Gasteiger partial charge in [-0.05, 0) is 52.0 Å². The summed E-state index contributed by atoms with van der Waals surface area (Å²) in [6, 6.07) is 3.14. The number of amides is 3. The van der Waals surface area contributed by atoms with Crippen LogP contribution in [0.25, 0.3) is 0 Å². The zero-order valence-electron chi connectivity index (χ0n) is 15.4. The quantitative estimate of drug-likeness (QED) is 0.869. The topological polar surface area (TPSA) is 69.7 Å². The lowest BCUT2D eigenvalue weighted by atomic mass is 10.1. The van der Waals surface area contributed by atoms with Crippen molar-refractivity contribution in [2.75, 3.05) is 19.6 Å². The number of hydrogen-bond donors (Lipinski definition) is 1. The number of nitrogens with one attached hydrogen (secondary N) is 1. The van der Waals surface area contributed by atoms with E-state index in [1.54, 1.807) is 11.0 Å². The average molecular weight is 365 g/mol. The van der Waals surface area contributed by atoms with Crippen molar-refractivity contribution >= 4 is 29.1 Å². The molecule has 1 N–H and O–H groups in total. The van der Waals surface area contributed by atoms with Crippen LogP contribution in [0.5, 0.6) is 0 Å². The maximum absolute atomic E-state index is 12.9. The summed E-state index contributed by atoms with van der Waals surface area (Å²) < 4.78 is 0. The Hall–Kier alpha value is -1.89. The number of thiophene rings is 1. The number of nitrogens with zero attached hydrogens (tertiary/aromatic N) is 2. The Balaban J connectivity index is 2.05. The molecule has 0 bridgehead atoms. The fraction of sp³-hybridized carbons (Fsp3) is 0.611. The number of likely N-dealkylation sites (N-methyl/N-ethyl adjacent to an activating group) is 1. The van der Waals surface area contributed by atoms with Crippen molar-refractivity contribution in [3.63, 3.8) is 0 Å². The van der Waals surface area contributed by atoms with Crippen LogP contribution in [-0.2, 0) is 9.59 Å². The van der Waals surface area contributed by atoms with Gasteiger partial charge in [0.1, 0.15) is 6.04 Å². The molecule has 1 atom stereocenters. The lowest BCUT2D eigenvalue weighted by molar-refractivity contribution is -0.139. The highest BCUT2D eigenvalue weighted by Crippen LogP contribution is 2.23. The number of hydrogen-bond acceptors (Lipinski definition) is 4. The normalized spacial score (nSPS) is 17.4. The Labute approximate surface area is 153 Å². The molecule has 7 heteroatoms. The van der Waals surface area contributed by atoms with Gasteiger partial charge in [-0.1, -0.05) is 6.07 Å². The molecule has 1 fully saturated rings. The van der Waals surface area contributed by atoms with Gasteiger partial charge in [-0.3, -0.25) is 14.4 Å². The molecule has 25 heavy (non-hydrogen) atoms. The third kappa shape index (κ3) is 5.04. The summed E-state index contributed by atoms with van der Waals surface area (Å²) in [4.78, 5) is 41.5. The van der Waals surface area contributed by atoms with Crippen LogP contribution in [0.15, 0.2) is 17.5 Å². The number of carbonyl (C=O) groups is 3. The first-order chi connectivity index (χ1) is 11.7. The molecule has 1 aromatic heterocycles. The second-order valence-electron chi connectivity index (χ2n) is 7.28. The smallest absolute Gasteiger partial charge is 0.264 e. The standard InChI is InChI=1S/C18H27N3O3S/c1-5-20(12-15(22)19-18(2,3)4)16(23)13-8-6-10-21(13)17(24)14-9-7-11-25-14/h7,9,11,13H,5-6,8,10,12H2,1-4H3,(H,19,22)/t13-/m1/s1. The predicted molar refractivity (Wildman–Crippen MR) is 98.5 cm³/mol. The molecule has 6 nitrogen and oxygen atoms in total. The Morgan fingerprint density at radius 3 is 2.64 bits per heavy atom. The van der Waals surface area contributed by atoms with Gasteiger partial charge in [0.15, 0.2) is 0 Å². The zero-order chi connectivity index (χ0) is 18.6. The lowest BCUT2D eigenvalue weighted by Gasteiger charge is -2.30. The third-order valence-corrected chi connectivity index (χ3v) is 4.93. The van der Waals surface area contributed by atoms with Gasteiger partial charge in [0.25, 0.3) is 5.91 Å². The van der Waals surface area contributed by atoms with Crippen LogP contribution >= 0.6 is 11.3 Å². The molecule has 1 aliphatic heterocycles. The molecule has 0 aliphatic carbocycles. The minimum atomic E-state index is -0.475. The van der Waals surface area contributed by atoms with E-state index in [0.29, 0.717) is 24.4 Å². The molecular formula is C18H27N3O3S. The summed E-state index contributed by atoms with van der Waals surface area (Å²) >= 11 is 1.38. The van der Waals surface area contributed by atoms with Crippen molar-refractivity contribution in [3.8, 4) is 0 Å². The van der Waals surface area contributed by atoms with E-state index >= 15 is 0 Å². The van der Waals surface area contributed by atoms with Crippen molar-refractivity contribution in [2.24, 2.45) is 0 Å². The van der Waals surface area contributed by atoms with Gasteiger partial charge in [-0.25, -0.2) is 0 Å². The van der Waals surface area contributed by atoms with Crippen molar-refractivity contribution < 1.29 is 14.4 Å². The molecule has 0 unspecified atom stereocenters. The summed E-state index contributed by atoms with van der Waals surface area (Å²) in [7, 11) is 0. The van der Waals surface area contributed by atoms with E-state index in [1.165, 1.54) is 16.2 Å². The Bertz CT molecular complexity index is 622. The Morgan fingerprint density at radius 2 is 2.08 bits per heavy atom. The zero-order valence-corrected chi connectivity index (χ0v) is 16.2. The van der Waals surface area contributed by atoms with Crippen LogP contribution in [0.1, 0.15) is 50.2 Å². The summed E-state index contributed by atoms with van der Waals surface area (Å²) in [5, 5.41) is 4.73. The van der Waals surface area contributed by atoms with Gasteiger partial charge >= 0.3 is 0 Å². The van der Waals surface area contributed by atoms with E-state index in [4.69, 9.17) is 0 Å². The van der Waals surface area contributed by atoms with Gasteiger partial charge in [0.2, 0.25) is 11.8 Å². The first kappa shape index (κ1) is 19.4. The van der Waals surface area contributed by atoms with Crippen molar-refractivity contribution in [1.82, 2.24) is 15.1 Å². The molecule has 1 aliphatic rings. The molecule has 0 saturated carbocycles. The summed E-state index contributed by atoms with van der Waals surface area (Å²) in [5.41, 5.74) is -0.339. The molecular weight excluding hydrogens is 338 g/mol. The van der Waals surface area contributed by atoms with E-state index in [0.717, 1.165) is 6.42 Å². The molecule has 1 saturated heterocycles. The highest BCUT2D eigenvalue weighted by atomic mass is 32.1. The van der Waals surface area contributed by atoms with Gasteiger partial charge in [0, 0.05) is 18.6 Å². The minimum Gasteiger partial charge on any atom is -0.350 e. The van der Waals surface area contributed by atoms with Crippen LogP contribution in [0.4, 0.5) is 0 Å². The maximum Gasteiger partial charge on any atom is 0.264 e. The van der Waals surface area contributed by atoms with Gasteiger partial charge in [0.05, 0.1) is 11.4 Å². The highest BCUT2D eigenvalue weighted by molar-refractivity contribution is 7.12. The third-order valence-electron chi connectivity index (χ3n) is 4.07. The largest absolute Gasteiger partial charge is 0.350 e. The molecule has 2 heterocycles. The van der Waals surface area contributed by atoms with Gasteiger partial charge in [-0.2, -0.15) is 0 Å². The molecule has 3 amide bonds. The first-order valence-electron chi connectivity index (χ1n) is 8.67. The monoisotopic (exact) mass is 365 g/mol. The predicted octanol–water partition coefficient (Wildman–Crippen LogP) is 2.12. The van der Waals surface area contributed by atoms with Crippen molar-refractivity contribution in [3.05, 3.63) is 22.4 Å². The number of carbonyl (C=O) groups excluding carboxylic acids is 3.